The van der Waals surface area contributed by atoms with Crippen molar-refractivity contribution in [1.82, 2.24) is 25.5 Å². The number of aromatic nitrogens is 4. The van der Waals surface area contributed by atoms with Gasteiger partial charge in [-0.25, -0.2) is 0 Å². The highest BCUT2D eigenvalue weighted by Crippen LogP contribution is 2.21. The normalized spacial score (nSPS) is 12.0. The smallest absolute Gasteiger partial charge is 0.220 e. The van der Waals surface area contributed by atoms with Crippen molar-refractivity contribution < 1.29 is 4.79 Å². The second-order valence-electron chi connectivity index (χ2n) is 5.72. The first-order valence-electron chi connectivity index (χ1n) is 8.42. The first-order chi connectivity index (χ1) is 12.3. The van der Waals surface area contributed by atoms with Crippen LogP contribution in [0.1, 0.15) is 37.1 Å². The summed E-state index contributed by atoms with van der Waals surface area (Å²) in [7, 11) is 0. The number of hydrogen-bond donors (Lipinski definition) is 1. The molecule has 3 aromatic rings. The second kappa shape index (κ2) is 8.53. The van der Waals surface area contributed by atoms with Crippen LogP contribution in [0.3, 0.4) is 0 Å². The van der Waals surface area contributed by atoms with Crippen molar-refractivity contribution in [1.29, 1.82) is 0 Å². The van der Waals surface area contributed by atoms with Crippen LogP contribution in [0.25, 0.3) is 11.4 Å². The second-order valence-corrected chi connectivity index (χ2v) is 6.70. The molecule has 0 fully saturated rings. The standard InChI is InChI=1S/C18H21N5OS/c1-2-15(16-10-7-13-25-16)19-17(24)11-6-12-23-21-18(20-22-23)14-8-4-3-5-9-14/h3-5,7-10,13,15H,2,6,11-12H2,1H3,(H,19,24). The zero-order valence-corrected chi connectivity index (χ0v) is 14.9. The van der Waals surface area contributed by atoms with Crippen LogP contribution < -0.4 is 5.32 Å². The molecule has 0 aliphatic rings. The average molecular weight is 355 g/mol. The van der Waals surface area contributed by atoms with Crippen LogP contribution >= 0.6 is 11.3 Å². The van der Waals surface area contributed by atoms with Gasteiger partial charge in [0, 0.05) is 16.9 Å². The molecule has 2 heterocycles. The van der Waals surface area contributed by atoms with Gasteiger partial charge in [-0.15, -0.1) is 21.5 Å². The van der Waals surface area contributed by atoms with Gasteiger partial charge < -0.3 is 5.32 Å². The molecule has 0 saturated heterocycles. The first kappa shape index (κ1) is 17.3. The molecule has 0 radical (unpaired) electrons. The Kier molecular flexibility index (Phi) is 5.90. The summed E-state index contributed by atoms with van der Waals surface area (Å²) in [5.74, 6) is 0.664. The molecule has 1 N–H and O–H groups in total. The van der Waals surface area contributed by atoms with Crippen LogP contribution in [0.2, 0.25) is 0 Å². The number of nitrogens with one attached hydrogen (secondary N) is 1. The number of tetrazole rings is 1. The van der Waals surface area contributed by atoms with Crippen molar-refractivity contribution in [2.24, 2.45) is 0 Å². The Balaban J connectivity index is 1.46. The maximum atomic E-state index is 12.2. The molecule has 1 atom stereocenters. The Hall–Kier alpha value is -2.54. The zero-order chi connectivity index (χ0) is 17.5. The molecule has 0 spiro atoms. The maximum absolute atomic E-state index is 12.2. The Morgan fingerprint density at radius 1 is 1.24 bits per heavy atom. The van der Waals surface area contributed by atoms with Crippen molar-refractivity contribution in [3.63, 3.8) is 0 Å². The highest BCUT2D eigenvalue weighted by Gasteiger charge is 2.13. The third-order valence-corrected chi connectivity index (χ3v) is 4.86. The molecule has 25 heavy (non-hydrogen) atoms. The van der Waals surface area contributed by atoms with E-state index < -0.39 is 0 Å². The minimum Gasteiger partial charge on any atom is -0.348 e. The van der Waals surface area contributed by atoms with Crippen molar-refractivity contribution in [3.05, 3.63) is 52.7 Å². The number of aryl methyl sites for hydroxylation is 1. The van der Waals surface area contributed by atoms with E-state index in [9.17, 15) is 4.79 Å². The Morgan fingerprint density at radius 2 is 2.08 bits per heavy atom. The zero-order valence-electron chi connectivity index (χ0n) is 14.1. The molecule has 1 unspecified atom stereocenters. The lowest BCUT2D eigenvalue weighted by atomic mass is 10.1. The van der Waals surface area contributed by atoms with Crippen LogP contribution in [0.4, 0.5) is 0 Å². The summed E-state index contributed by atoms with van der Waals surface area (Å²) in [6, 6.07) is 13.9. The van der Waals surface area contributed by atoms with E-state index >= 15 is 0 Å². The van der Waals surface area contributed by atoms with Crippen LogP contribution in [0, 0.1) is 0 Å². The van der Waals surface area contributed by atoms with E-state index in [1.165, 1.54) is 4.88 Å². The highest BCUT2D eigenvalue weighted by molar-refractivity contribution is 7.10. The van der Waals surface area contributed by atoms with Gasteiger partial charge in [-0.1, -0.05) is 43.3 Å². The summed E-state index contributed by atoms with van der Waals surface area (Å²) in [4.78, 5) is 14.9. The Morgan fingerprint density at radius 3 is 2.80 bits per heavy atom. The number of hydrogen-bond acceptors (Lipinski definition) is 5. The minimum absolute atomic E-state index is 0.0589. The van der Waals surface area contributed by atoms with Crippen molar-refractivity contribution in [2.45, 2.75) is 38.8 Å². The summed E-state index contributed by atoms with van der Waals surface area (Å²) in [6.07, 6.45) is 2.01. The Labute approximate surface area is 150 Å². The van der Waals surface area contributed by atoms with Crippen molar-refractivity contribution in [2.75, 3.05) is 0 Å². The average Bonchev–Trinajstić information content (AvgIpc) is 3.32. The number of carbonyl (C=O) groups excluding carboxylic acids is 1. The summed E-state index contributed by atoms with van der Waals surface area (Å²) in [5, 5.41) is 17.6. The van der Waals surface area contributed by atoms with E-state index in [-0.39, 0.29) is 11.9 Å². The third-order valence-electron chi connectivity index (χ3n) is 3.88. The monoisotopic (exact) mass is 355 g/mol. The predicted molar refractivity (Wildman–Crippen MR) is 98.0 cm³/mol. The third kappa shape index (κ3) is 4.73. The number of thiophene rings is 1. The lowest BCUT2D eigenvalue weighted by Gasteiger charge is -2.15. The van der Waals surface area contributed by atoms with Gasteiger partial charge in [0.1, 0.15) is 0 Å². The van der Waals surface area contributed by atoms with E-state index in [1.54, 1.807) is 16.1 Å². The molecule has 7 heteroatoms. The van der Waals surface area contributed by atoms with Crippen LogP contribution in [-0.2, 0) is 11.3 Å². The fourth-order valence-electron chi connectivity index (χ4n) is 2.55. The van der Waals surface area contributed by atoms with Gasteiger partial charge in [0.2, 0.25) is 11.7 Å². The van der Waals surface area contributed by atoms with Gasteiger partial charge in [0.15, 0.2) is 0 Å². The van der Waals surface area contributed by atoms with Crippen LogP contribution in [0.5, 0.6) is 0 Å². The van der Waals surface area contributed by atoms with E-state index in [0.717, 1.165) is 12.0 Å². The molecule has 0 aliphatic carbocycles. The Bertz CT molecular complexity index is 785. The van der Waals surface area contributed by atoms with Crippen molar-refractivity contribution >= 4 is 17.2 Å². The minimum atomic E-state index is 0.0589. The van der Waals surface area contributed by atoms with Crippen LogP contribution in [-0.4, -0.2) is 26.1 Å². The molecule has 1 amide bonds. The fraction of sp³-hybridized carbons (Fsp3) is 0.333. The quantitative estimate of drug-likeness (QED) is 0.672. The summed E-state index contributed by atoms with van der Waals surface area (Å²) >= 11 is 1.67. The summed E-state index contributed by atoms with van der Waals surface area (Å²) in [6.45, 7) is 2.65. The van der Waals surface area contributed by atoms with Gasteiger partial charge in [-0.05, 0) is 29.5 Å². The van der Waals surface area contributed by atoms with E-state index in [4.69, 9.17) is 0 Å². The topological polar surface area (TPSA) is 72.7 Å². The van der Waals surface area contributed by atoms with Crippen molar-refractivity contribution in [3.8, 4) is 11.4 Å². The van der Waals surface area contributed by atoms with Gasteiger partial charge in [-0.2, -0.15) is 4.80 Å². The summed E-state index contributed by atoms with van der Waals surface area (Å²) < 4.78 is 0. The molecule has 0 bridgehead atoms. The molecule has 1 aromatic carbocycles. The number of amides is 1. The van der Waals surface area contributed by atoms with Gasteiger partial charge in [-0.3, -0.25) is 4.79 Å². The number of rotatable bonds is 8. The van der Waals surface area contributed by atoms with Gasteiger partial charge in [0.25, 0.3) is 0 Å². The number of benzene rings is 1. The molecular formula is C18H21N5OS. The highest BCUT2D eigenvalue weighted by atomic mass is 32.1. The molecule has 0 saturated carbocycles. The summed E-state index contributed by atoms with van der Waals surface area (Å²) in [5.41, 5.74) is 0.938. The molecule has 3 rings (SSSR count). The van der Waals surface area contributed by atoms with E-state index in [2.05, 4.69) is 33.7 Å². The van der Waals surface area contributed by atoms with E-state index in [0.29, 0.717) is 25.2 Å². The lowest BCUT2D eigenvalue weighted by Crippen LogP contribution is -2.27. The van der Waals surface area contributed by atoms with E-state index in [1.807, 2.05) is 41.8 Å². The fourth-order valence-corrected chi connectivity index (χ4v) is 3.41. The molecule has 130 valence electrons. The SMILES string of the molecule is CCC(NC(=O)CCCn1nnc(-c2ccccc2)n1)c1cccs1. The molecule has 0 aliphatic heterocycles. The first-order valence-corrected chi connectivity index (χ1v) is 9.30. The molecule has 6 nitrogen and oxygen atoms in total. The molecule has 2 aromatic heterocycles. The number of nitrogens with zero attached hydrogens (tertiary/aromatic N) is 4. The van der Waals surface area contributed by atoms with Gasteiger partial charge >= 0.3 is 0 Å². The molecular weight excluding hydrogens is 334 g/mol. The van der Waals surface area contributed by atoms with Crippen LogP contribution in [0.15, 0.2) is 47.8 Å². The number of carbonyl (C=O) groups is 1. The largest absolute Gasteiger partial charge is 0.348 e. The maximum Gasteiger partial charge on any atom is 0.220 e. The van der Waals surface area contributed by atoms with Gasteiger partial charge in [0.05, 0.1) is 12.6 Å². The lowest BCUT2D eigenvalue weighted by molar-refractivity contribution is -0.122. The predicted octanol–water partition coefficient (Wildman–Crippen LogP) is 3.45.